The Kier molecular flexibility index (Phi) is 8.18. The van der Waals surface area contributed by atoms with E-state index in [9.17, 15) is 4.79 Å². The zero-order valence-corrected chi connectivity index (χ0v) is 23.0. The van der Waals surface area contributed by atoms with Crippen LogP contribution in [0.3, 0.4) is 0 Å². The Labute approximate surface area is 229 Å². The van der Waals surface area contributed by atoms with Gasteiger partial charge in [-0.25, -0.2) is 9.79 Å². The number of nitrogens with zero attached hydrogens (tertiary/aromatic N) is 1. The van der Waals surface area contributed by atoms with Gasteiger partial charge in [0.2, 0.25) is 5.90 Å². The van der Waals surface area contributed by atoms with Crippen LogP contribution in [0.4, 0.5) is 0 Å². The van der Waals surface area contributed by atoms with Crippen LogP contribution in [0, 0.1) is 3.57 Å². The van der Waals surface area contributed by atoms with Gasteiger partial charge in [0.1, 0.15) is 6.61 Å². The lowest BCUT2D eigenvalue weighted by Crippen LogP contribution is -2.06. The Morgan fingerprint density at radius 2 is 1.94 bits per heavy atom. The number of esters is 1. The second kappa shape index (κ2) is 11.1. The molecule has 1 aliphatic heterocycles. The number of carbonyl (C=O) groups excluding carboxylic acids is 1. The molecule has 0 aliphatic carbocycles. The molecule has 0 N–H and O–H groups in total. The SMILES string of the molecule is CCOc1cc(/C=C2\N=C(c3ccc(Cl)cc3Cl)OC2=O)cc(I)c1OCc1cccc(Br)c1. The Bertz CT molecular complexity index is 1330. The van der Waals surface area contributed by atoms with E-state index in [1.54, 1.807) is 24.3 Å². The van der Waals surface area contributed by atoms with E-state index < -0.39 is 5.97 Å². The summed E-state index contributed by atoms with van der Waals surface area (Å²) in [5, 5.41) is 0.829. The minimum absolute atomic E-state index is 0.131. The second-order valence-electron chi connectivity index (χ2n) is 7.14. The van der Waals surface area contributed by atoms with Crippen molar-refractivity contribution in [2.45, 2.75) is 13.5 Å². The maximum absolute atomic E-state index is 12.5. The monoisotopic (exact) mass is 671 g/mol. The second-order valence-corrected chi connectivity index (χ2v) is 10.1. The first-order valence-corrected chi connectivity index (χ1v) is 12.8. The molecule has 0 radical (unpaired) electrons. The molecular formula is C25H17BrCl2INO4. The third-order valence-electron chi connectivity index (χ3n) is 4.69. The average Bonchev–Trinajstić information content (AvgIpc) is 3.13. The van der Waals surface area contributed by atoms with Crippen LogP contribution in [0.5, 0.6) is 11.5 Å². The third-order valence-corrected chi connectivity index (χ3v) is 6.53. The molecule has 9 heteroatoms. The summed E-state index contributed by atoms with van der Waals surface area (Å²) in [6, 6.07) is 16.5. The van der Waals surface area contributed by atoms with E-state index in [1.807, 2.05) is 43.3 Å². The molecule has 0 aromatic heterocycles. The van der Waals surface area contributed by atoms with Gasteiger partial charge >= 0.3 is 5.97 Å². The highest BCUT2D eigenvalue weighted by Crippen LogP contribution is 2.36. The highest BCUT2D eigenvalue weighted by atomic mass is 127. The van der Waals surface area contributed by atoms with Gasteiger partial charge in [-0.2, -0.15) is 0 Å². The molecule has 0 spiro atoms. The highest BCUT2D eigenvalue weighted by Gasteiger charge is 2.26. The predicted octanol–water partition coefficient (Wildman–Crippen LogP) is 7.68. The van der Waals surface area contributed by atoms with Crippen molar-refractivity contribution in [3.05, 3.63) is 95.1 Å². The van der Waals surface area contributed by atoms with Gasteiger partial charge in [0.15, 0.2) is 17.2 Å². The fourth-order valence-corrected chi connectivity index (χ4v) is 4.92. The smallest absolute Gasteiger partial charge is 0.363 e. The van der Waals surface area contributed by atoms with Crippen LogP contribution in [0.2, 0.25) is 10.0 Å². The molecule has 34 heavy (non-hydrogen) atoms. The van der Waals surface area contributed by atoms with Crippen molar-refractivity contribution in [3.8, 4) is 11.5 Å². The van der Waals surface area contributed by atoms with E-state index >= 15 is 0 Å². The summed E-state index contributed by atoms with van der Waals surface area (Å²) >= 11 is 17.8. The lowest BCUT2D eigenvalue weighted by Gasteiger charge is -2.15. The van der Waals surface area contributed by atoms with Gasteiger partial charge in [0.25, 0.3) is 0 Å². The van der Waals surface area contributed by atoms with Crippen molar-refractivity contribution in [2.24, 2.45) is 4.99 Å². The summed E-state index contributed by atoms with van der Waals surface area (Å²) < 4.78 is 19.1. The van der Waals surface area contributed by atoms with Gasteiger partial charge in [-0.15, -0.1) is 0 Å². The molecule has 4 rings (SSSR count). The fraction of sp³-hybridized carbons (Fsp3) is 0.120. The Balaban J connectivity index is 1.62. The van der Waals surface area contributed by atoms with Crippen LogP contribution < -0.4 is 9.47 Å². The van der Waals surface area contributed by atoms with E-state index in [4.69, 9.17) is 37.4 Å². The molecule has 0 saturated carbocycles. The largest absolute Gasteiger partial charge is 0.490 e. The van der Waals surface area contributed by atoms with Crippen molar-refractivity contribution in [1.29, 1.82) is 0 Å². The molecule has 0 saturated heterocycles. The zero-order valence-electron chi connectivity index (χ0n) is 17.8. The summed E-state index contributed by atoms with van der Waals surface area (Å²) in [6.07, 6.45) is 1.64. The predicted molar refractivity (Wildman–Crippen MR) is 146 cm³/mol. The van der Waals surface area contributed by atoms with Crippen LogP contribution in [-0.2, 0) is 16.1 Å². The first-order valence-electron chi connectivity index (χ1n) is 10.2. The summed E-state index contributed by atoms with van der Waals surface area (Å²) in [5.74, 6) is 0.777. The van der Waals surface area contributed by atoms with Crippen LogP contribution in [0.15, 0.2) is 69.8 Å². The molecule has 0 unspecified atom stereocenters. The molecule has 3 aromatic rings. The average molecular weight is 673 g/mol. The van der Waals surface area contributed by atoms with Crippen LogP contribution in [0.25, 0.3) is 6.08 Å². The number of rotatable bonds is 7. The summed E-state index contributed by atoms with van der Waals surface area (Å²) in [6.45, 7) is 2.75. The standard InChI is InChI=1S/C25H17BrCl2INO4/c1-2-32-22-11-15(9-20(29)23(22)33-13-14-4-3-5-16(26)8-14)10-21-25(31)34-24(30-21)18-7-6-17(27)12-19(18)28/h3-12H,2,13H2,1H3/b21-10-. The number of ether oxygens (including phenoxy) is 3. The third kappa shape index (κ3) is 5.94. The van der Waals surface area contributed by atoms with Gasteiger partial charge in [-0.1, -0.05) is 51.3 Å². The van der Waals surface area contributed by atoms with Crippen molar-refractivity contribution < 1.29 is 19.0 Å². The number of cyclic esters (lactones) is 1. The molecule has 1 aliphatic rings. The maximum Gasteiger partial charge on any atom is 0.363 e. The van der Waals surface area contributed by atoms with E-state index in [0.717, 1.165) is 19.2 Å². The lowest BCUT2D eigenvalue weighted by molar-refractivity contribution is -0.129. The minimum atomic E-state index is -0.566. The van der Waals surface area contributed by atoms with Crippen molar-refractivity contribution in [1.82, 2.24) is 0 Å². The molecule has 5 nitrogen and oxygen atoms in total. The number of hydrogen-bond acceptors (Lipinski definition) is 5. The number of aliphatic imine (C=N–C) groups is 1. The van der Waals surface area contributed by atoms with Crippen molar-refractivity contribution in [3.63, 3.8) is 0 Å². The van der Waals surface area contributed by atoms with E-state index in [1.165, 1.54) is 0 Å². The lowest BCUT2D eigenvalue weighted by atomic mass is 10.1. The highest BCUT2D eigenvalue weighted by molar-refractivity contribution is 14.1. The van der Waals surface area contributed by atoms with Crippen molar-refractivity contribution >= 4 is 79.7 Å². The van der Waals surface area contributed by atoms with Crippen molar-refractivity contribution in [2.75, 3.05) is 6.61 Å². The molecule has 0 bridgehead atoms. The number of benzene rings is 3. The van der Waals surface area contributed by atoms with Gasteiger partial charge in [-0.05, 0) is 89.2 Å². The topological polar surface area (TPSA) is 57.1 Å². The summed E-state index contributed by atoms with van der Waals surface area (Å²) in [7, 11) is 0. The molecule has 0 amide bonds. The maximum atomic E-state index is 12.5. The summed E-state index contributed by atoms with van der Waals surface area (Å²) in [5.41, 5.74) is 2.39. The molecule has 174 valence electrons. The molecule has 3 aromatic carbocycles. The number of halogens is 4. The van der Waals surface area contributed by atoms with Crippen LogP contribution in [-0.4, -0.2) is 18.5 Å². The molecule has 1 heterocycles. The Hall–Kier alpha value is -2.07. The zero-order chi connectivity index (χ0) is 24.2. The van der Waals surface area contributed by atoms with Gasteiger partial charge in [0.05, 0.1) is 20.8 Å². The first kappa shape index (κ1) is 25.0. The molecule has 0 atom stereocenters. The van der Waals surface area contributed by atoms with E-state index in [0.29, 0.717) is 40.3 Å². The number of carbonyl (C=O) groups is 1. The Morgan fingerprint density at radius 3 is 2.68 bits per heavy atom. The first-order chi connectivity index (χ1) is 16.3. The molecule has 0 fully saturated rings. The minimum Gasteiger partial charge on any atom is -0.490 e. The van der Waals surface area contributed by atoms with Gasteiger partial charge in [-0.3, -0.25) is 0 Å². The van der Waals surface area contributed by atoms with E-state index in [2.05, 4.69) is 43.5 Å². The molecular weight excluding hydrogens is 656 g/mol. The van der Waals surface area contributed by atoms with Crippen LogP contribution in [0.1, 0.15) is 23.6 Å². The van der Waals surface area contributed by atoms with E-state index in [-0.39, 0.29) is 11.6 Å². The normalized spacial score (nSPS) is 14.2. The Morgan fingerprint density at radius 1 is 1.12 bits per heavy atom. The van der Waals surface area contributed by atoms with Crippen LogP contribution >= 0.6 is 61.7 Å². The fourth-order valence-electron chi connectivity index (χ4n) is 3.20. The van der Waals surface area contributed by atoms with Gasteiger partial charge in [0, 0.05) is 9.50 Å². The van der Waals surface area contributed by atoms with Gasteiger partial charge < -0.3 is 14.2 Å². The summed E-state index contributed by atoms with van der Waals surface area (Å²) in [4.78, 5) is 16.8. The quantitative estimate of drug-likeness (QED) is 0.147. The number of hydrogen-bond donors (Lipinski definition) is 0.